The smallest absolute Gasteiger partial charge is 0.259 e. The van der Waals surface area contributed by atoms with Crippen molar-refractivity contribution in [1.29, 1.82) is 0 Å². The number of carbonyl (C=O) groups excluding carboxylic acids is 1. The van der Waals surface area contributed by atoms with E-state index in [9.17, 15) is 9.18 Å². The van der Waals surface area contributed by atoms with E-state index in [4.69, 9.17) is 4.42 Å². The van der Waals surface area contributed by atoms with Gasteiger partial charge in [-0.15, -0.1) is 0 Å². The molecule has 27 heavy (non-hydrogen) atoms. The van der Waals surface area contributed by atoms with Crippen LogP contribution in [0.2, 0.25) is 0 Å². The van der Waals surface area contributed by atoms with E-state index < -0.39 is 11.7 Å². The van der Waals surface area contributed by atoms with Crippen LogP contribution in [0, 0.1) is 26.6 Å². The van der Waals surface area contributed by atoms with Crippen LogP contribution in [0.5, 0.6) is 0 Å². The Morgan fingerprint density at radius 2 is 2.04 bits per heavy atom. The van der Waals surface area contributed by atoms with Gasteiger partial charge in [0.1, 0.15) is 17.7 Å². The van der Waals surface area contributed by atoms with Crippen LogP contribution in [-0.4, -0.2) is 20.3 Å². The molecule has 0 saturated carbocycles. The van der Waals surface area contributed by atoms with Gasteiger partial charge in [0.25, 0.3) is 5.91 Å². The minimum atomic E-state index is -0.555. The Morgan fingerprint density at radius 3 is 2.74 bits per heavy atom. The number of aryl methyl sites for hydroxylation is 3. The van der Waals surface area contributed by atoms with Crippen molar-refractivity contribution < 1.29 is 13.6 Å². The number of hydrogen-bond acceptors (Lipinski definition) is 4. The summed E-state index contributed by atoms with van der Waals surface area (Å²) in [5, 5.41) is 2.67. The highest BCUT2D eigenvalue weighted by Crippen LogP contribution is 2.28. The summed E-state index contributed by atoms with van der Waals surface area (Å²) in [6.07, 6.45) is 4.70. The van der Waals surface area contributed by atoms with Gasteiger partial charge < -0.3 is 14.1 Å². The van der Waals surface area contributed by atoms with Crippen molar-refractivity contribution in [3.05, 3.63) is 71.3 Å². The highest BCUT2D eigenvalue weighted by Gasteiger charge is 2.18. The largest absolute Gasteiger partial charge is 0.445 e. The average molecular weight is 364 g/mol. The Hall–Kier alpha value is -3.48. The standard InChI is InChI=1S/C20H17FN4O2/c1-11-8-14(20-22-5-7-27-20)10-16(21)17(11)24-19(26)15-4-6-25-13(3)9-12(2)23-18(15)25/h4-10H,1-3H3,(H,24,26). The number of benzene rings is 1. The second-order valence-electron chi connectivity index (χ2n) is 6.40. The molecule has 1 amide bonds. The maximum absolute atomic E-state index is 14.6. The number of aromatic nitrogens is 3. The van der Waals surface area contributed by atoms with Crippen LogP contribution in [-0.2, 0) is 0 Å². The maximum atomic E-state index is 14.6. The quantitative estimate of drug-likeness (QED) is 0.588. The molecule has 3 heterocycles. The lowest BCUT2D eigenvalue weighted by Gasteiger charge is -2.11. The highest BCUT2D eigenvalue weighted by molar-refractivity contribution is 6.09. The fourth-order valence-corrected chi connectivity index (χ4v) is 3.14. The van der Waals surface area contributed by atoms with E-state index in [1.807, 2.05) is 24.3 Å². The second kappa shape index (κ2) is 6.35. The van der Waals surface area contributed by atoms with Crippen molar-refractivity contribution >= 4 is 17.2 Å². The van der Waals surface area contributed by atoms with E-state index in [0.29, 0.717) is 28.2 Å². The fourth-order valence-electron chi connectivity index (χ4n) is 3.14. The summed E-state index contributed by atoms with van der Waals surface area (Å²) in [6.45, 7) is 5.52. The van der Waals surface area contributed by atoms with Gasteiger partial charge in [-0.25, -0.2) is 14.4 Å². The monoisotopic (exact) mass is 364 g/mol. The van der Waals surface area contributed by atoms with Crippen molar-refractivity contribution in [3.8, 4) is 11.5 Å². The number of nitrogens with one attached hydrogen (secondary N) is 1. The molecule has 0 radical (unpaired) electrons. The number of hydrogen-bond donors (Lipinski definition) is 1. The number of carbonyl (C=O) groups is 1. The third-order valence-electron chi connectivity index (χ3n) is 4.39. The molecule has 0 spiro atoms. The third-order valence-corrected chi connectivity index (χ3v) is 4.39. The molecule has 3 aromatic heterocycles. The molecule has 0 unspecified atom stereocenters. The van der Waals surface area contributed by atoms with Gasteiger partial charge in [-0.05, 0) is 50.6 Å². The molecular weight excluding hydrogens is 347 g/mol. The predicted octanol–water partition coefficient (Wildman–Crippen LogP) is 4.31. The van der Waals surface area contributed by atoms with Crippen LogP contribution in [0.25, 0.3) is 17.1 Å². The first-order chi connectivity index (χ1) is 12.9. The molecule has 1 aromatic carbocycles. The van der Waals surface area contributed by atoms with Gasteiger partial charge >= 0.3 is 0 Å². The Balaban J connectivity index is 1.70. The molecule has 4 aromatic rings. The van der Waals surface area contributed by atoms with Gasteiger partial charge in [0, 0.05) is 23.1 Å². The molecule has 0 bridgehead atoms. The molecule has 0 saturated heterocycles. The number of anilines is 1. The van der Waals surface area contributed by atoms with Crippen molar-refractivity contribution in [3.63, 3.8) is 0 Å². The number of rotatable bonds is 3. The van der Waals surface area contributed by atoms with E-state index in [0.717, 1.165) is 11.4 Å². The van der Waals surface area contributed by atoms with Crippen molar-refractivity contribution in [2.24, 2.45) is 0 Å². The van der Waals surface area contributed by atoms with Crippen molar-refractivity contribution in [2.75, 3.05) is 5.32 Å². The molecule has 0 aliphatic heterocycles. The van der Waals surface area contributed by atoms with Gasteiger partial charge in [0.15, 0.2) is 0 Å². The molecular formula is C20H17FN4O2. The minimum absolute atomic E-state index is 0.124. The van der Waals surface area contributed by atoms with Crippen LogP contribution in [0.3, 0.4) is 0 Å². The number of halogens is 1. The summed E-state index contributed by atoms with van der Waals surface area (Å²) < 4.78 is 21.7. The average Bonchev–Trinajstić information content (AvgIpc) is 3.27. The molecule has 0 atom stereocenters. The number of oxazole rings is 1. The van der Waals surface area contributed by atoms with Crippen LogP contribution in [0.4, 0.5) is 10.1 Å². The summed E-state index contributed by atoms with van der Waals surface area (Å²) in [6, 6.07) is 6.62. The lowest BCUT2D eigenvalue weighted by molar-refractivity contribution is 0.102. The molecule has 136 valence electrons. The van der Waals surface area contributed by atoms with Crippen LogP contribution in [0.15, 0.2) is 47.3 Å². The Morgan fingerprint density at radius 1 is 1.22 bits per heavy atom. The summed E-state index contributed by atoms with van der Waals surface area (Å²) in [4.78, 5) is 21.2. The van der Waals surface area contributed by atoms with Crippen LogP contribution >= 0.6 is 0 Å². The molecule has 7 heteroatoms. The fraction of sp³-hybridized carbons (Fsp3) is 0.150. The molecule has 6 nitrogen and oxygen atoms in total. The molecule has 0 fully saturated rings. The predicted molar refractivity (Wildman–Crippen MR) is 99.3 cm³/mol. The summed E-state index contributed by atoms with van der Waals surface area (Å²) in [5.41, 5.74) is 3.91. The lowest BCUT2D eigenvalue weighted by Crippen LogP contribution is -2.14. The second-order valence-corrected chi connectivity index (χ2v) is 6.40. The summed E-state index contributed by atoms with van der Waals surface area (Å²) >= 11 is 0. The van der Waals surface area contributed by atoms with Gasteiger partial charge in [-0.2, -0.15) is 0 Å². The maximum Gasteiger partial charge on any atom is 0.259 e. The van der Waals surface area contributed by atoms with Crippen molar-refractivity contribution in [2.45, 2.75) is 20.8 Å². The van der Waals surface area contributed by atoms with Gasteiger partial charge in [-0.3, -0.25) is 4.79 Å². The number of amides is 1. The van der Waals surface area contributed by atoms with Gasteiger partial charge in [0.2, 0.25) is 5.89 Å². The first-order valence-corrected chi connectivity index (χ1v) is 8.40. The van der Waals surface area contributed by atoms with Gasteiger partial charge in [-0.1, -0.05) is 0 Å². The molecule has 0 aliphatic rings. The molecule has 4 rings (SSSR count). The first kappa shape index (κ1) is 17.0. The summed E-state index contributed by atoms with van der Waals surface area (Å²) in [7, 11) is 0. The van der Waals surface area contributed by atoms with E-state index in [2.05, 4.69) is 15.3 Å². The number of nitrogens with zero attached hydrogens (tertiary/aromatic N) is 3. The van der Waals surface area contributed by atoms with E-state index in [-0.39, 0.29) is 5.69 Å². The minimum Gasteiger partial charge on any atom is -0.445 e. The van der Waals surface area contributed by atoms with Crippen molar-refractivity contribution in [1.82, 2.24) is 14.4 Å². The van der Waals surface area contributed by atoms with E-state index in [1.54, 1.807) is 25.3 Å². The Kier molecular flexibility index (Phi) is 3.99. The zero-order chi connectivity index (χ0) is 19.1. The van der Waals surface area contributed by atoms with Gasteiger partial charge in [0.05, 0.1) is 17.4 Å². The zero-order valence-corrected chi connectivity index (χ0v) is 15.1. The summed E-state index contributed by atoms with van der Waals surface area (Å²) in [5.74, 6) is -0.648. The Labute approximate surface area is 154 Å². The highest BCUT2D eigenvalue weighted by atomic mass is 19.1. The third kappa shape index (κ3) is 2.97. The normalized spacial score (nSPS) is 11.1. The molecule has 0 aliphatic carbocycles. The topological polar surface area (TPSA) is 72.4 Å². The first-order valence-electron chi connectivity index (χ1n) is 8.40. The molecule has 1 N–H and O–H groups in total. The van der Waals surface area contributed by atoms with Crippen LogP contribution in [0.1, 0.15) is 27.3 Å². The van der Waals surface area contributed by atoms with E-state index >= 15 is 0 Å². The lowest BCUT2D eigenvalue weighted by atomic mass is 10.1. The SMILES string of the molecule is Cc1cc(C)n2ccc(C(=O)Nc3c(C)cc(-c4ncco4)cc3F)c2n1. The van der Waals surface area contributed by atoms with Crippen LogP contribution < -0.4 is 5.32 Å². The zero-order valence-electron chi connectivity index (χ0n) is 15.1. The van der Waals surface area contributed by atoms with E-state index in [1.165, 1.54) is 18.5 Å². The Bertz CT molecular complexity index is 1140. The number of fused-ring (bicyclic) bond motifs is 1.